The summed E-state index contributed by atoms with van der Waals surface area (Å²) in [6, 6.07) is 10.0. The molecule has 1 saturated heterocycles. The third-order valence-electron chi connectivity index (χ3n) is 4.88. The maximum Gasteiger partial charge on any atom is 0.234 e. The SMILES string of the molecule is O=C(Cc1csc(-c2ccsc2)n1)N(C[C@@H]1CCCO1)c1nc2ccccc2s1. The van der Waals surface area contributed by atoms with Gasteiger partial charge in [0.1, 0.15) is 5.01 Å². The number of hydrogen-bond acceptors (Lipinski definition) is 7. The van der Waals surface area contributed by atoms with E-state index in [9.17, 15) is 4.79 Å². The van der Waals surface area contributed by atoms with Crippen LogP contribution in [0.3, 0.4) is 0 Å². The van der Waals surface area contributed by atoms with Crippen molar-refractivity contribution in [3.8, 4) is 10.6 Å². The van der Waals surface area contributed by atoms with Gasteiger partial charge < -0.3 is 4.74 Å². The molecule has 4 aromatic rings. The number of amides is 1. The molecular formula is C21H19N3O2S3. The lowest BCUT2D eigenvalue weighted by Gasteiger charge is -2.22. The van der Waals surface area contributed by atoms with Gasteiger partial charge in [-0.05, 0) is 36.4 Å². The summed E-state index contributed by atoms with van der Waals surface area (Å²) in [4.78, 5) is 24.5. The molecule has 4 heterocycles. The van der Waals surface area contributed by atoms with Gasteiger partial charge in [0.05, 0.1) is 35.0 Å². The highest BCUT2D eigenvalue weighted by Gasteiger charge is 2.26. The Hall–Kier alpha value is -2.13. The van der Waals surface area contributed by atoms with Crippen LogP contribution in [0.5, 0.6) is 0 Å². The number of aromatic nitrogens is 2. The highest BCUT2D eigenvalue weighted by molar-refractivity contribution is 7.22. The first-order chi connectivity index (χ1) is 14.3. The molecule has 148 valence electrons. The number of nitrogens with zero attached hydrogens (tertiary/aromatic N) is 3. The Morgan fingerprint density at radius 1 is 1.21 bits per heavy atom. The van der Waals surface area contributed by atoms with Crippen molar-refractivity contribution in [1.82, 2.24) is 9.97 Å². The van der Waals surface area contributed by atoms with Crippen LogP contribution in [0.15, 0.2) is 46.5 Å². The molecule has 0 radical (unpaired) electrons. The molecule has 1 aromatic carbocycles. The van der Waals surface area contributed by atoms with Crippen LogP contribution in [0.4, 0.5) is 5.13 Å². The number of ether oxygens (including phenoxy) is 1. The second-order valence-corrected chi connectivity index (χ2v) is 9.58. The highest BCUT2D eigenvalue weighted by Crippen LogP contribution is 2.31. The minimum Gasteiger partial charge on any atom is -0.376 e. The molecule has 0 aliphatic carbocycles. The van der Waals surface area contributed by atoms with Crippen molar-refractivity contribution in [2.75, 3.05) is 18.1 Å². The van der Waals surface area contributed by atoms with E-state index in [0.717, 1.165) is 51.1 Å². The summed E-state index contributed by atoms with van der Waals surface area (Å²) in [5.41, 5.74) is 2.84. The molecule has 5 rings (SSSR count). The fourth-order valence-electron chi connectivity index (χ4n) is 3.41. The van der Waals surface area contributed by atoms with Crippen LogP contribution in [0, 0.1) is 0 Å². The smallest absolute Gasteiger partial charge is 0.234 e. The number of hydrogen-bond donors (Lipinski definition) is 0. The van der Waals surface area contributed by atoms with Crippen molar-refractivity contribution in [1.29, 1.82) is 0 Å². The van der Waals surface area contributed by atoms with Crippen LogP contribution in [0.2, 0.25) is 0 Å². The van der Waals surface area contributed by atoms with Gasteiger partial charge in [-0.1, -0.05) is 23.5 Å². The van der Waals surface area contributed by atoms with Crippen LogP contribution in [-0.4, -0.2) is 35.1 Å². The molecule has 0 N–H and O–H groups in total. The summed E-state index contributed by atoms with van der Waals surface area (Å²) in [6.07, 6.45) is 2.36. The fourth-order valence-corrected chi connectivity index (χ4v) is 5.94. The number of anilines is 1. The molecule has 1 atom stereocenters. The number of rotatable bonds is 6. The number of thiazole rings is 2. The highest BCUT2D eigenvalue weighted by atomic mass is 32.1. The van der Waals surface area contributed by atoms with Gasteiger partial charge >= 0.3 is 0 Å². The van der Waals surface area contributed by atoms with Crippen molar-refractivity contribution < 1.29 is 9.53 Å². The van der Waals surface area contributed by atoms with E-state index in [1.54, 1.807) is 38.9 Å². The Kier molecular flexibility index (Phi) is 5.41. The number of para-hydroxylation sites is 1. The third kappa shape index (κ3) is 4.11. The number of carbonyl (C=O) groups is 1. The molecule has 3 aromatic heterocycles. The molecule has 29 heavy (non-hydrogen) atoms. The molecular weight excluding hydrogens is 422 g/mol. The molecule has 1 aliphatic heterocycles. The molecule has 5 nitrogen and oxygen atoms in total. The van der Waals surface area contributed by atoms with Gasteiger partial charge in [0.2, 0.25) is 5.91 Å². The predicted molar refractivity (Wildman–Crippen MR) is 120 cm³/mol. The summed E-state index contributed by atoms with van der Waals surface area (Å²) in [5, 5.41) is 7.79. The molecule has 1 aliphatic rings. The van der Waals surface area contributed by atoms with E-state index in [1.165, 1.54) is 0 Å². The summed E-state index contributed by atoms with van der Waals surface area (Å²) in [5.74, 6) is 0.0155. The molecule has 1 fully saturated rings. The number of benzene rings is 1. The molecule has 0 spiro atoms. The summed E-state index contributed by atoms with van der Waals surface area (Å²) in [6.45, 7) is 1.31. The monoisotopic (exact) mass is 441 g/mol. The molecule has 8 heteroatoms. The molecule has 0 saturated carbocycles. The van der Waals surface area contributed by atoms with Gasteiger partial charge in [-0.3, -0.25) is 9.69 Å². The van der Waals surface area contributed by atoms with Gasteiger partial charge in [-0.2, -0.15) is 11.3 Å². The first-order valence-electron chi connectivity index (χ1n) is 9.51. The van der Waals surface area contributed by atoms with E-state index in [2.05, 4.69) is 16.4 Å². The summed E-state index contributed by atoms with van der Waals surface area (Å²) in [7, 11) is 0. The van der Waals surface area contributed by atoms with E-state index in [4.69, 9.17) is 9.72 Å². The average Bonchev–Trinajstić information content (AvgIpc) is 3.53. The Balaban J connectivity index is 1.39. The number of thiophene rings is 1. The minimum absolute atomic E-state index is 0.0155. The van der Waals surface area contributed by atoms with Gasteiger partial charge in [0.15, 0.2) is 5.13 Å². The lowest BCUT2D eigenvalue weighted by Crippen LogP contribution is -2.38. The van der Waals surface area contributed by atoms with Crippen molar-refractivity contribution in [3.63, 3.8) is 0 Å². The zero-order valence-electron chi connectivity index (χ0n) is 15.6. The van der Waals surface area contributed by atoms with Crippen LogP contribution >= 0.6 is 34.0 Å². The average molecular weight is 442 g/mol. The van der Waals surface area contributed by atoms with E-state index < -0.39 is 0 Å². The van der Waals surface area contributed by atoms with Crippen molar-refractivity contribution in [2.45, 2.75) is 25.4 Å². The van der Waals surface area contributed by atoms with Crippen molar-refractivity contribution >= 4 is 55.3 Å². The Labute approximate surface area is 180 Å². The second-order valence-electron chi connectivity index (χ2n) is 6.94. The predicted octanol–water partition coefficient (Wildman–Crippen LogP) is 5.24. The van der Waals surface area contributed by atoms with E-state index in [-0.39, 0.29) is 18.4 Å². The molecule has 1 amide bonds. The van der Waals surface area contributed by atoms with Gasteiger partial charge in [0, 0.05) is 22.9 Å². The maximum absolute atomic E-state index is 13.3. The fraction of sp³-hybridized carbons (Fsp3) is 0.286. The number of fused-ring (bicyclic) bond motifs is 1. The van der Waals surface area contributed by atoms with Crippen LogP contribution in [-0.2, 0) is 16.0 Å². The second kappa shape index (κ2) is 8.31. The number of carbonyl (C=O) groups excluding carboxylic acids is 1. The largest absolute Gasteiger partial charge is 0.376 e. The zero-order valence-corrected chi connectivity index (χ0v) is 18.1. The van der Waals surface area contributed by atoms with E-state index in [0.29, 0.717) is 6.54 Å². The first kappa shape index (κ1) is 18.9. The standard InChI is InChI=1S/C21H19N3O2S3/c25-19(10-15-13-28-20(22-15)14-7-9-27-12-14)24(11-16-4-3-8-26-16)21-23-17-5-1-2-6-18(17)29-21/h1-2,5-7,9,12-13,16H,3-4,8,10-11H2/t16-/m0/s1. The van der Waals surface area contributed by atoms with Gasteiger partial charge in [0.25, 0.3) is 0 Å². The Morgan fingerprint density at radius 2 is 2.14 bits per heavy atom. The summed E-state index contributed by atoms with van der Waals surface area (Å²) < 4.78 is 6.89. The summed E-state index contributed by atoms with van der Waals surface area (Å²) >= 11 is 4.78. The Bertz CT molecular complexity index is 1080. The lowest BCUT2D eigenvalue weighted by atomic mass is 10.2. The van der Waals surface area contributed by atoms with E-state index in [1.807, 2.05) is 35.0 Å². The zero-order chi connectivity index (χ0) is 19.6. The first-order valence-corrected chi connectivity index (χ1v) is 12.1. The minimum atomic E-state index is 0.0155. The van der Waals surface area contributed by atoms with Crippen molar-refractivity contribution in [3.05, 3.63) is 52.2 Å². The topological polar surface area (TPSA) is 55.3 Å². The normalized spacial score (nSPS) is 16.5. The Morgan fingerprint density at radius 3 is 2.93 bits per heavy atom. The van der Waals surface area contributed by atoms with Crippen LogP contribution in [0.1, 0.15) is 18.5 Å². The molecule has 0 unspecified atom stereocenters. The quantitative estimate of drug-likeness (QED) is 0.411. The van der Waals surface area contributed by atoms with Crippen LogP contribution in [0.25, 0.3) is 20.8 Å². The van der Waals surface area contributed by atoms with Gasteiger partial charge in [-0.15, -0.1) is 11.3 Å². The van der Waals surface area contributed by atoms with Crippen molar-refractivity contribution in [2.24, 2.45) is 0 Å². The van der Waals surface area contributed by atoms with Gasteiger partial charge in [-0.25, -0.2) is 9.97 Å². The third-order valence-corrected chi connectivity index (χ3v) is 7.56. The lowest BCUT2D eigenvalue weighted by molar-refractivity contribution is -0.118. The molecule has 0 bridgehead atoms. The van der Waals surface area contributed by atoms with Crippen LogP contribution < -0.4 is 4.90 Å². The van der Waals surface area contributed by atoms with E-state index >= 15 is 0 Å². The maximum atomic E-state index is 13.3.